The first-order chi connectivity index (χ1) is 10.2. The van der Waals surface area contributed by atoms with Gasteiger partial charge in [-0.25, -0.2) is 0 Å². The van der Waals surface area contributed by atoms with Crippen LogP contribution in [0.1, 0.15) is 11.6 Å². The van der Waals surface area contributed by atoms with Crippen molar-refractivity contribution >= 4 is 10.8 Å². The van der Waals surface area contributed by atoms with Crippen LogP contribution in [0.25, 0.3) is 0 Å². The Bertz CT molecular complexity index is 613. The smallest absolute Gasteiger partial charge is 0.123 e. The molecular weight excluding hydrogens is 286 g/mol. The maximum atomic E-state index is 12.4. The van der Waals surface area contributed by atoms with Crippen LogP contribution in [0, 0.1) is 0 Å². The van der Waals surface area contributed by atoms with Crippen LogP contribution >= 0.6 is 0 Å². The highest BCUT2D eigenvalue weighted by molar-refractivity contribution is 7.85. The average molecular weight is 305 g/mol. The molecule has 0 bridgehead atoms. The molecule has 2 unspecified atom stereocenters. The molecule has 0 heterocycles. The minimum Gasteiger partial charge on any atom is -0.497 e. The summed E-state index contributed by atoms with van der Waals surface area (Å²) in [7, 11) is 2.03. The maximum Gasteiger partial charge on any atom is 0.123 e. The van der Waals surface area contributed by atoms with E-state index in [1.54, 1.807) is 38.5 Å². The first-order valence-corrected chi connectivity index (χ1v) is 7.88. The molecule has 2 rings (SSSR count). The molecule has 0 aromatic heterocycles. The Kier molecular flexibility index (Phi) is 5.36. The molecule has 112 valence electrons. The van der Waals surface area contributed by atoms with Gasteiger partial charge < -0.3 is 15.2 Å². The number of methoxy groups -OCH3 is 2. The number of hydrogen-bond acceptors (Lipinski definition) is 4. The Balaban J connectivity index is 2.11. The zero-order chi connectivity index (χ0) is 15.2. The van der Waals surface area contributed by atoms with E-state index in [-0.39, 0.29) is 6.04 Å². The van der Waals surface area contributed by atoms with Gasteiger partial charge in [0.05, 0.1) is 25.0 Å². The molecule has 21 heavy (non-hydrogen) atoms. The summed E-state index contributed by atoms with van der Waals surface area (Å²) in [6, 6.07) is 14.4. The fourth-order valence-corrected chi connectivity index (χ4v) is 3.19. The standard InChI is InChI=1S/C16H19NO3S/c1-19-12-7-9-13(10-8-12)21(18)11-15(17)14-5-3-4-6-16(14)20-2/h3-10,15H,11,17H2,1-2H3. The molecule has 5 heteroatoms. The fourth-order valence-electron chi connectivity index (χ4n) is 2.05. The van der Waals surface area contributed by atoms with Gasteiger partial charge in [0.25, 0.3) is 0 Å². The molecular formula is C16H19NO3S. The monoisotopic (exact) mass is 305 g/mol. The van der Waals surface area contributed by atoms with E-state index in [2.05, 4.69) is 0 Å². The van der Waals surface area contributed by atoms with Gasteiger partial charge in [-0.05, 0) is 30.3 Å². The average Bonchev–Trinajstić information content (AvgIpc) is 2.54. The Morgan fingerprint density at radius 1 is 1.05 bits per heavy atom. The van der Waals surface area contributed by atoms with Crippen LogP contribution in [0.5, 0.6) is 11.5 Å². The summed E-state index contributed by atoms with van der Waals surface area (Å²) >= 11 is 0. The van der Waals surface area contributed by atoms with Crippen LogP contribution in [-0.4, -0.2) is 24.2 Å². The zero-order valence-corrected chi connectivity index (χ0v) is 12.9. The quantitative estimate of drug-likeness (QED) is 0.891. The number of nitrogens with two attached hydrogens (primary N) is 1. The van der Waals surface area contributed by atoms with Crippen molar-refractivity contribution in [3.05, 3.63) is 54.1 Å². The predicted molar refractivity (Wildman–Crippen MR) is 84.2 cm³/mol. The van der Waals surface area contributed by atoms with Gasteiger partial charge in [-0.3, -0.25) is 4.21 Å². The van der Waals surface area contributed by atoms with Crippen LogP contribution in [0.15, 0.2) is 53.4 Å². The summed E-state index contributed by atoms with van der Waals surface area (Å²) < 4.78 is 22.8. The van der Waals surface area contributed by atoms with E-state index in [1.165, 1.54) is 0 Å². The minimum absolute atomic E-state index is 0.340. The lowest BCUT2D eigenvalue weighted by Crippen LogP contribution is -2.19. The molecule has 2 N–H and O–H groups in total. The summed E-state index contributed by atoms with van der Waals surface area (Å²) in [5.74, 6) is 1.80. The van der Waals surface area contributed by atoms with Crippen LogP contribution in [-0.2, 0) is 10.8 Å². The molecule has 0 aliphatic carbocycles. The second-order valence-electron chi connectivity index (χ2n) is 4.54. The highest BCUT2D eigenvalue weighted by Gasteiger charge is 2.15. The molecule has 2 aromatic carbocycles. The Labute approximate surface area is 127 Å². The molecule has 0 saturated heterocycles. The third-order valence-corrected chi connectivity index (χ3v) is 4.65. The lowest BCUT2D eigenvalue weighted by molar-refractivity contribution is 0.407. The van der Waals surface area contributed by atoms with Crippen molar-refractivity contribution in [3.8, 4) is 11.5 Å². The van der Waals surface area contributed by atoms with E-state index in [1.807, 2.05) is 24.3 Å². The minimum atomic E-state index is -1.17. The normalized spacial score (nSPS) is 13.5. The summed E-state index contributed by atoms with van der Waals surface area (Å²) in [5.41, 5.74) is 7.03. The van der Waals surface area contributed by atoms with Gasteiger partial charge in [0.1, 0.15) is 11.5 Å². The number of para-hydroxylation sites is 1. The van der Waals surface area contributed by atoms with Gasteiger partial charge in [0.2, 0.25) is 0 Å². The van der Waals surface area contributed by atoms with Crippen molar-refractivity contribution in [2.24, 2.45) is 5.73 Å². The third-order valence-electron chi connectivity index (χ3n) is 3.19. The maximum absolute atomic E-state index is 12.4. The Morgan fingerprint density at radius 3 is 2.33 bits per heavy atom. The van der Waals surface area contributed by atoms with Gasteiger partial charge in [0, 0.05) is 22.3 Å². The largest absolute Gasteiger partial charge is 0.497 e. The van der Waals surface area contributed by atoms with Gasteiger partial charge in [-0.1, -0.05) is 18.2 Å². The van der Waals surface area contributed by atoms with Gasteiger partial charge in [-0.2, -0.15) is 0 Å². The van der Waals surface area contributed by atoms with Crippen molar-refractivity contribution < 1.29 is 13.7 Å². The molecule has 4 nitrogen and oxygen atoms in total. The molecule has 0 spiro atoms. The molecule has 0 fully saturated rings. The second-order valence-corrected chi connectivity index (χ2v) is 6.03. The predicted octanol–water partition coefficient (Wildman–Crippen LogP) is 2.51. The SMILES string of the molecule is COc1ccc(S(=O)CC(N)c2ccccc2OC)cc1. The Hall–Kier alpha value is -1.85. The lowest BCUT2D eigenvalue weighted by Gasteiger charge is -2.15. The third kappa shape index (κ3) is 3.83. The van der Waals surface area contributed by atoms with Gasteiger partial charge >= 0.3 is 0 Å². The number of hydrogen-bond donors (Lipinski definition) is 1. The first-order valence-electron chi connectivity index (χ1n) is 6.56. The fraction of sp³-hybridized carbons (Fsp3) is 0.250. The molecule has 0 amide bonds. The van der Waals surface area contributed by atoms with Crippen molar-refractivity contribution in [2.75, 3.05) is 20.0 Å². The summed E-state index contributed by atoms with van der Waals surface area (Å²) in [6.45, 7) is 0. The van der Waals surface area contributed by atoms with Crippen LogP contribution < -0.4 is 15.2 Å². The zero-order valence-electron chi connectivity index (χ0n) is 12.1. The van der Waals surface area contributed by atoms with Crippen molar-refractivity contribution in [2.45, 2.75) is 10.9 Å². The van der Waals surface area contributed by atoms with E-state index in [4.69, 9.17) is 15.2 Å². The highest BCUT2D eigenvalue weighted by atomic mass is 32.2. The summed E-state index contributed by atoms with van der Waals surface area (Å²) in [4.78, 5) is 0.737. The lowest BCUT2D eigenvalue weighted by atomic mass is 10.1. The topological polar surface area (TPSA) is 61.5 Å². The molecule has 0 radical (unpaired) electrons. The number of rotatable bonds is 6. The molecule has 0 saturated carbocycles. The van der Waals surface area contributed by atoms with Crippen LogP contribution in [0.4, 0.5) is 0 Å². The van der Waals surface area contributed by atoms with E-state index in [0.717, 1.165) is 22.0 Å². The molecule has 2 aromatic rings. The van der Waals surface area contributed by atoms with E-state index < -0.39 is 10.8 Å². The summed E-state index contributed by atoms with van der Waals surface area (Å²) in [6.07, 6.45) is 0. The summed E-state index contributed by atoms with van der Waals surface area (Å²) in [5, 5.41) is 0. The van der Waals surface area contributed by atoms with Crippen molar-refractivity contribution in [3.63, 3.8) is 0 Å². The van der Waals surface area contributed by atoms with E-state index in [0.29, 0.717) is 5.75 Å². The number of benzene rings is 2. The molecule has 0 aliphatic heterocycles. The first kappa shape index (κ1) is 15.5. The van der Waals surface area contributed by atoms with Crippen molar-refractivity contribution in [1.29, 1.82) is 0 Å². The highest BCUT2D eigenvalue weighted by Crippen LogP contribution is 2.25. The second kappa shape index (κ2) is 7.24. The van der Waals surface area contributed by atoms with Gasteiger partial charge in [-0.15, -0.1) is 0 Å². The molecule has 0 aliphatic rings. The molecule has 2 atom stereocenters. The number of ether oxygens (including phenoxy) is 2. The Morgan fingerprint density at radius 2 is 1.71 bits per heavy atom. The van der Waals surface area contributed by atoms with E-state index >= 15 is 0 Å². The van der Waals surface area contributed by atoms with Crippen LogP contribution in [0.3, 0.4) is 0 Å². The van der Waals surface area contributed by atoms with Crippen molar-refractivity contribution in [1.82, 2.24) is 0 Å². The van der Waals surface area contributed by atoms with Crippen LogP contribution in [0.2, 0.25) is 0 Å². The van der Waals surface area contributed by atoms with E-state index in [9.17, 15) is 4.21 Å². The van der Waals surface area contributed by atoms with Gasteiger partial charge in [0.15, 0.2) is 0 Å².